The van der Waals surface area contributed by atoms with Crippen molar-refractivity contribution in [3.63, 3.8) is 0 Å². The molecule has 0 aliphatic carbocycles. The number of hydrogen-bond acceptors (Lipinski definition) is 6. The summed E-state index contributed by atoms with van der Waals surface area (Å²) < 4.78 is 40.7. The number of amides is 2. The zero-order valence-corrected chi connectivity index (χ0v) is 13.6. The number of alkyl halides is 3. The second-order valence-corrected chi connectivity index (χ2v) is 5.32. The Morgan fingerprint density at radius 2 is 2.12 bits per heavy atom. The predicted molar refractivity (Wildman–Crippen MR) is 84.9 cm³/mol. The van der Waals surface area contributed by atoms with Crippen LogP contribution in [-0.2, 0) is 16.1 Å². The van der Waals surface area contributed by atoms with Crippen LogP contribution in [0.4, 0.5) is 13.2 Å². The molecular formula is C15H16F3N5O3. The molecule has 8 nitrogen and oxygen atoms in total. The number of ether oxygens (including phenoxy) is 1. The molecule has 1 aliphatic heterocycles. The lowest BCUT2D eigenvalue weighted by molar-refractivity contribution is -0.154. The van der Waals surface area contributed by atoms with Gasteiger partial charge in [0.15, 0.2) is 6.61 Å². The largest absolute Gasteiger partial charge is 0.468 e. The first-order valence-corrected chi connectivity index (χ1v) is 7.39. The predicted octanol–water partition coefficient (Wildman–Crippen LogP) is 0.617. The molecule has 1 aromatic heterocycles. The van der Waals surface area contributed by atoms with E-state index in [-0.39, 0.29) is 12.4 Å². The lowest BCUT2D eigenvalue weighted by Crippen LogP contribution is -2.67. The van der Waals surface area contributed by atoms with Gasteiger partial charge in [-0.1, -0.05) is 6.07 Å². The number of aromatic nitrogens is 1. The van der Waals surface area contributed by atoms with E-state index >= 15 is 0 Å². The first-order valence-electron chi connectivity index (χ1n) is 7.39. The van der Waals surface area contributed by atoms with Gasteiger partial charge in [-0.15, -0.1) is 0 Å². The Labute approximate surface area is 146 Å². The Morgan fingerprint density at radius 3 is 2.65 bits per heavy atom. The lowest BCUT2D eigenvalue weighted by atomic mass is 10.1. The lowest BCUT2D eigenvalue weighted by Gasteiger charge is -2.30. The van der Waals surface area contributed by atoms with Crippen LogP contribution in [0.25, 0.3) is 0 Å². The molecule has 0 spiro atoms. The molecule has 1 atom stereocenters. The molecular weight excluding hydrogens is 355 g/mol. The zero-order chi connectivity index (χ0) is 19.2. The van der Waals surface area contributed by atoms with E-state index in [2.05, 4.69) is 30.7 Å². The van der Waals surface area contributed by atoms with E-state index in [1.165, 1.54) is 43.9 Å². The van der Waals surface area contributed by atoms with Crippen LogP contribution >= 0.6 is 0 Å². The summed E-state index contributed by atoms with van der Waals surface area (Å²) in [7, 11) is 0. The van der Waals surface area contributed by atoms with E-state index in [9.17, 15) is 22.8 Å². The quantitative estimate of drug-likeness (QED) is 0.680. The molecule has 0 fully saturated rings. The standard InChI is InChI=1S/C15H16F3N5O3/c1-10(24)23-14(8-19-4-5-22-14)13(25)21-7-11-2-3-12(20-6-11)26-9-15(16,17)18/h2-6,8,22H,7,9H2,1H3,(H,21,25)(H,23,24). The summed E-state index contributed by atoms with van der Waals surface area (Å²) in [6.07, 6.45) is 0.894. The van der Waals surface area contributed by atoms with Crippen LogP contribution in [0, 0.1) is 0 Å². The minimum atomic E-state index is -4.45. The van der Waals surface area contributed by atoms with E-state index in [1.807, 2.05) is 0 Å². The van der Waals surface area contributed by atoms with Crippen molar-refractivity contribution in [2.75, 3.05) is 6.61 Å². The fourth-order valence-electron chi connectivity index (χ4n) is 2.01. The SMILES string of the molecule is CC(=O)NC1(C(=O)NCc2ccc(OCC(F)(F)F)nc2)C=NC=CN1. The van der Waals surface area contributed by atoms with Gasteiger partial charge in [-0.3, -0.25) is 14.6 Å². The van der Waals surface area contributed by atoms with Gasteiger partial charge in [0.05, 0.1) is 6.21 Å². The van der Waals surface area contributed by atoms with Gasteiger partial charge in [-0.2, -0.15) is 13.2 Å². The van der Waals surface area contributed by atoms with Crippen LogP contribution in [0.1, 0.15) is 12.5 Å². The van der Waals surface area contributed by atoms with Gasteiger partial charge in [0.1, 0.15) is 0 Å². The van der Waals surface area contributed by atoms with Gasteiger partial charge in [-0.05, 0) is 5.56 Å². The maximum atomic E-state index is 12.4. The number of carbonyl (C=O) groups is 2. The number of nitrogens with one attached hydrogen (secondary N) is 3. The van der Waals surface area contributed by atoms with Crippen molar-refractivity contribution < 1.29 is 27.5 Å². The first kappa shape index (κ1) is 19.2. The molecule has 2 amide bonds. The second-order valence-electron chi connectivity index (χ2n) is 5.32. The van der Waals surface area contributed by atoms with Gasteiger partial charge < -0.3 is 20.7 Å². The summed E-state index contributed by atoms with van der Waals surface area (Å²) >= 11 is 0. The number of pyridine rings is 1. The third kappa shape index (κ3) is 5.46. The molecule has 0 aromatic carbocycles. The van der Waals surface area contributed by atoms with Crippen LogP contribution in [0.5, 0.6) is 5.88 Å². The molecule has 0 radical (unpaired) electrons. The number of halogens is 3. The number of hydrogen-bond donors (Lipinski definition) is 3. The average molecular weight is 371 g/mol. The Hall–Kier alpha value is -3.11. The molecule has 1 aromatic rings. The van der Waals surface area contributed by atoms with Gasteiger partial charge in [0.25, 0.3) is 5.91 Å². The van der Waals surface area contributed by atoms with Crippen molar-refractivity contribution in [3.8, 4) is 5.88 Å². The number of aliphatic imine (C=N–C) groups is 1. The molecule has 0 bridgehead atoms. The Morgan fingerprint density at radius 1 is 1.35 bits per heavy atom. The summed E-state index contributed by atoms with van der Waals surface area (Å²) in [5, 5.41) is 7.78. The second kappa shape index (κ2) is 7.85. The van der Waals surface area contributed by atoms with Crippen LogP contribution in [-0.4, -0.2) is 41.5 Å². The Kier molecular flexibility index (Phi) is 5.80. The third-order valence-corrected chi connectivity index (χ3v) is 3.11. The molecule has 11 heteroatoms. The van der Waals surface area contributed by atoms with Crippen molar-refractivity contribution in [1.29, 1.82) is 0 Å². The van der Waals surface area contributed by atoms with Crippen LogP contribution in [0.2, 0.25) is 0 Å². The molecule has 2 rings (SSSR count). The number of nitrogens with zero attached hydrogens (tertiary/aromatic N) is 2. The fourth-order valence-corrected chi connectivity index (χ4v) is 2.01. The maximum absolute atomic E-state index is 12.4. The third-order valence-electron chi connectivity index (χ3n) is 3.11. The van der Waals surface area contributed by atoms with Gasteiger partial charge >= 0.3 is 6.18 Å². The van der Waals surface area contributed by atoms with Gasteiger partial charge in [0, 0.05) is 38.1 Å². The van der Waals surface area contributed by atoms with Gasteiger partial charge in [0.2, 0.25) is 17.5 Å². The fraction of sp³-hybridized carbons (Fsp3) is 0.333. The summed E-state index contributed by atoms with van der Waals surface area (Å²) in [6, 6.07) is 2.73. The van der Waals surface area contributed by atoms with Crippen molar-refractivity contribution in [2.24, 2.45) is 4.99 Å². The normalized spacial score (nSPS) is 18.8. The van der Waals surface area contributed by atoms with E-state index in [0.29, 0.717) is 5.56 Å². The topological polar surface area (TPSA) is 105 Å². The minimum Gasteiger partial charge on any atom is -0.468 e. The zero-order valence-electron chi connectivity index (χ0n) is 13.6. The van der Waals surface area contributed by atoms with Crippen LogP contribution < -0.4 is 20.7 Å². The highest BCUT2D eigenvalue weighted by atomic mass is 19.4. The maximum Gasteiger partial charge on any atom is 0.422 e. The highest BCUT2D eigenvalue weighted by Gasteiger charge is 2.37. The summed E-state index contributed by atoms with van der Waals surface area (Å²) in [5.74, 6) is -1.20. The molecule has 2 heterocycles. The summed E-state index contributed by atoms with van der Waals surface area (Å²) in [6.45, 7) is -0.147. The first-order chi connectivity index (χ1) is 12.2. The van der Waals surface area contributed by atoms with E-state index in [0.717, 1.165) is 0 Å². The van der Waals surface area contributed by atoms with Crippen LogP contribution in [0.3, 0.4) is 0 Å². The van der Waals surface area contributed by atoms with Crippen LogP contribution in [0.15, 0.2) is 35.7 Å². The monoisotopic (exact) mass is 371 g/mol. The summed E-state index contributed by atoms with van der Waals surface area (Å²) in [4.78, 5) is 31.4. The highest BCUT2D eigenvalue weighted by molar-refractivity contribution is 6.06. The molecule has 3 N–H and O–H groups in total. The average Bonchev–Trinajstić information content (AvgIpc) is 2.58. The van der Waals surface area contributed by atoms with E-state index in [4.69, 9.17) is 0 Å². The highest BCUT2D eigenvalue weighted by Crippen LogP contribution is 2.17. The van der Waals surface area contributed by atoms with Gasteiger partial charge in [-0.25, -0.2) is 4.98 Å². The van der Waals surface area contributed by atoms with E-state index < -0.39 is 30.3 Å². The summed E-state index contributed by atoms with van der Waals surface area (Å²) in [5.41, 5.74) is -0.997. The molecule has 1 unspecified atom stereocenters. The van der Waals surface area contributed by atoms with Crippen molar-refractivity contribution in [2.45, 2.75) is 25.3 Å². The molecule has 0 saturated carbocycles. The number of carbonyl (C=O) groups excluding carboxylic acids is 2. The smallest absolute Gasteiger partial charge is 0.422 e. The van der Waals surface area contributed by atoms with Crippen molar-refractivity contribution in [1.82, 2.24) is 20.9 Å². The minimum absolute atomic E-state index is 0.0337. The molecule has 26 heavy (non-hydrogen) atoms. The number of rotatable bonds is 6. The Bertz CT molecular complexity index is 718. The molecule has 1 aliphatic rings. The Balaban J connectivity index is 1.94. The van der Waals surface area contributed by atoms with E-state index in [1.54, 1.807) is 0 Å². The van der Waals surface area contributed by atoms with Crippen molar-refractivity contribution >= 4 is 18.0 Å². The molecule has 140 valence electrons. The molecule has 0 saturated heterocycles. The van der Waals surface area contributed by atoms with Crippen molar-refractivity contribution in [3.05, 3.63) is 36.3 Å².